The Morgan fingerprint density at radius 3 is 2.52 bits per heavy atom. The van der Waals surface area contributed by atoms with Crippen LogP contribution in [0.4, 0.5) is 11.4 Å². The van der Waals surface area contributed by atoms with E-state index in [2.05, 4.69) is 10.3 Å². The second-order valence-electron chi connectivity index (χ2n) is 6.91. The maximum atomic E-state index is 12.5. The number of hydrogen-bond acceptors (Lipinski definition) is 6. The molecule has 31 heavy (non-hydrogen) atoms. The predicted octanol–water partition coefficient (Wildman–Crippen LogP) is 2.17. The highest BCUT2D eigenvalue weighted by Gasteiger charge is 2.24. The average Bonchev–Trinajstić information content (AvgIpc) is 3.25. The number of anilines is 1. The third kappa shape index (κ3) is 5.45. The molecule has 1 N–H and O–H groups in total. The van der Waals surface area contributed by atoms with Crippen LogP contribution in [0.3, 0.4) is 0 Å². The minimum atomic E-state index is -3.85. The molecule has 1 aromatic heterocycles. The molecule has 0 aliphatic heterocycles. The van der Waals surface area contributed by atoms with Gasteiger partial charge >= 0.3 is 0 Å². The highest BCUT2D eigenvalue weighted by Crippen LogP contribution is 2.27. The summed E-state index contributed by atoms with van der Waals surface area (Å²) in [5.74, 6) is -0.532. The van der Waals surface area contributed by atoms with Crippen LogP contribution >= 0.6 is 0 Å². The van der Waals surface area contributed by atoms with Gasteiger partial charge in [-0.2, -0.15) is 0 Å². The second-order valence-corrected chi connectivity index (χ2v) is 8.82. The van der Waals surface area contributed by atoms with Crippen molar-refractivity contribution >= 4 is 27.3 Å². The second kappa shape index (κ2) is 8.96. The van der Waals surface area contributed by atoms with Crippen LogP contribution in [0.25, 0.3) is 5.69 Å². The van der Waals surface area contributed by atoms with E-state index in [4.69, 9.17) is 0 Å². The molecule has 0 unspecified atom stereocenters. The van der Waals surface area contributed by atoms with Gasteiger partial charge in [-0.3, -0.25) is 19.2 Å². The Bertz CT molecular complexity index is 1190. The summed E-state index contributed by atoms with van der Waals surface area (Å²) in [5.41, 5.74) is 2.08. The lowest BCUT2D eigenvalue weighted by Gasteiger charge is -2.23. The zero-order valence-corrected chi connectivity index (χ0v) is 17.7. The van der Waals surface area contributed by atoms with Gasteiger partial charge in [-0.25, -0.2) is 13.4 Å². The van der Waals surface area contributed by atoms with Crippen molar-refractivity contribution in [3.8, 4) is 5.69 Å². The minimum absolute atomic E-state index is 0.0940. The fraction of sp³-hybridized carbons (Fsp3) is 0.200. The molecule has 0 aliphatic rings. The summed E-state index contributed by atoms with van der Waals surface area (Å²) < 4.78 is 27.3. The summed E-state index contributed by atoms with van der Waals surface area (Å²) in [4.78, 5) is 26.9. The first kappa shape index (κ1) is 22.0. The number of hydrogen-bond donors (Lipinski definition) is 1. The predicted molar refractivity (Wildman–Crippen MR) is 115 cm³/mol. The van der Waals surface area contributed by atoms with E-state index >= 15 is 0 Å². The molecule has 0 spiro atoms. The molecule has 0 saturated heterocycles. The summed E-state index contributed by atoms with van der Waals surface area (Å²) in [6.45, 7) is 1.33. The molecular formula is C20H21N5O5S. The van der Waals surface area contributed by atoms with E-state index in [-0.39, 0.29) is 17.9 Å². The number of amides is 1. The number of sulfonamides is 1. The molecule has 3 aromatic rings. The van der Waals surface area contributed by atoms with Crippen LogP contribution in [0.15, 0.2) is 61.2 Å². The average molecular weight is 443 g/mol. The van der Waals surface area contributed by atoms with Gasteiger partial charge in [-0.15, -0.1) is 0 Å². The van der Waals surface area contributed by atoms with E-state index in [0.717, 1.165) is 27.9 Å². The van der Waals surface area contributed by atoms with Gasteiger partial charge in [0.1, 0.15) is 6.54 Å². The van der Waals surface area contributed by atoms with Crippen LogP contribution in [0.2, 0.25) is 0 Å². The molecule has 11 heteroatoms. The lowest BCUT2D eigenvalue weighted by molar-refractivity contribution is -0.384. The number of rotatable bonds is 8. The Hall–Kier alpha value is -3.73. The van der Waals surface area contributed by atoms with Gasteiger partial charge in [0.05, 0.1) is 23.2 Å². The van der Waals surface area contributed by atoms with Gasteiger partial charge in [0.15, 0.2) is 0 Å². The largest absolute Gasteiger partial charge is 0.350 e. The zero-order valence-electron chi connectivity index (χ0n) is 16.9. The van der Waals surface area contributed by atoms with Crippen molar-refractivity contribution in [1.82, 2.24) is 14.9 Å². The lowest BCUT2D eigenvalue weighted by Crippen LogP contribution is -2.40. The van der Waals surface area contributed by atoms with Gasteiger partial charge in [0, 0.05) is 36.8 Å². The highest BCUT2D eigenvalue weighted by molar-refractivity contribution is 7.92. The fourth-order valence-corrected chi connectivity index (χ4v) is 3.85. The van der Waals surface area contributed by atoms with Crippen LogP contribution in [0, 0.1) is 17.0 Å². The van der Waals surface area contributed by atoms with Crippen molar-refractivity contribution in [2.75, 3.05) is 17.1 Å². The van der Waals surface area contributed by atoms with E-state index < -0.39 is 27.4 Å². The first-order chi connectivity index (χ1) is 14.6. The summed E-state index contributed by atoms with van der Waals surface area (Å²) in [6, 6.07) is 11.3. The van der Waals surface area contributed by atoms with Crippen molar-refractivity contribution in [3.05, 3.63) is 82.4 Å². The Labute approximate surface area is 179 Å². The summed E-state index contributed by atoms with van der Waals surface area (Å²) in [7, 11) is -3.85. The maximum Gasteiger partial charge on any atom is 0.271 e. The van der Waals surface area contributed by atoms with Crippen LogP contribution in [0.1, 0.15) is 11.1 Å². The summed E-state index contributed by atoms with van der Waals surface area (Å²) >= 11 is 0. The number of nitrogens with one attached hydrogen (secondary N) is 1. The molecule has 0 radical (unpaired) electrons. The Balaban J connectivity index is 1.71. The van der Waals surface area contributed by atoms with Crippen molar-refractivity contribution < 1.29 is 18.1 Å². The number of nitrogens with zero attached hydrogens (tertiary/aromatic N) is 4. The van der Waals surface area contributed by atoms with Crippen molar-refractivity contribution in [3.63, 3.8) is 0 Å². The topological polar surface area (TPSA) is 127 Å². The molecule has 0 atom stereocenters. The standard InChI is InChI=1S/C20H21N5O5S/c1-15-3-6-18(25(27)28)11-19(15)24(31(2,29)30)13-20(26)22-12-16-4-7-17(8-5-16)23-10-9-21-14-23/h3-11,14H,12-13H2,1-2H3,(H,22,26). The number of carbonyl (C=O) groups is 1. The number of nitro benzene ring substituents is 1. The van der Waals surface area contributed by atoms with E-state index in [1.54, 1.807) is 19.4 Å². The van der Waals surface area contributed by atoms with Gasteiger partial charge in [0.2, 0.25) is 15.9 Å². The zero-order chi connectivity index (χ0) is 22.6. The summed E-state index contributed by atoms with van der Waals surface area (Å²) in [5, 5.41) is 13.8. The maximum absolute atomic E-state index is 12.5. The first-order valence-electron chi connectivity index (χ1n) is 9.22. The molecule has 0 fully saturated rings. The normalized spacial score (nSPS) is 11.2. The third-order valence-corrected chi connectivity index (χ3v) is 5.71. The quantitative estimate of drug-likeness (QED) is 0.420. The fourth-order valence-electron chi connectivity index (χ4n) is 2.95. The monoisotopic (exact) mass is 443 g/mol. The highest BCUT2D eigenvalue weighted by atomic mass is 32.2. The lowest BCUT2D eigenvalue weighted by atomic mass is 10.2. The molecule has 0 aliphatic carbocycles. The first-order valence-corrected chi connectivity index (χ1v) is 11.1. The molecule has 1 amide bonds. The molecule has 0 saturated carbocycles. The molecule has 1 heterocycles. The Morgan fingerprint density at radius 1 is 1.23 bits per heavy atom. The number of non-ortho nitro benzene ring substituents is 1. The van der Waals surface area contributed by atoms with E-state index in [1.165, 1.54) is 12.1 Å². The minimum Gasteiger partial charge on any atom is -0.350 e. The van der Waals surface area contributed by atoms with Crippen molar-refractivity contribution in [2.24, 2.45) is 0 Å². The molecule has 3 rings (SSSR count). The van der Waals surface area contributed by atoms with Gasteiger partial charge < -0.3 is 9.88 Å². The third-order valence-electron chi connectivity index (χ3n) is 4.59. The van der Waals surface area contributed by atoms with Crippen LogP contribution in [-0.2, 0) is 21.4 Å². The van der Waals surface area contributed by atoms with Gasteiger partial charge in [0.25, 0.3) is 5.69 Å². The number of aromatic nitrogens is 2. The number of carbonyl (C=O) groups excluding carboxylic acids is 1. The van der Waals surface area contributed by atoms with Crippen LogP contribution < -0.4 is 9.62 Å². The molecule has 162 valence electrons. The van der Waals surface area contributed by atoms with Crippen LogP contribution in [0.5, 0.6) is 0 Å². The smallest absolute Gasteiger partial charge is 0.271 e. The van der Waals surface area contributed by atoms with Crippen molar-refractivity contribution in [1.29, 1.82) is 0 Å². The molecule has 0 bridgehead atoms. The van der Waals surface area contributed by atoms with E-state index in [9.17, 15) is 23.3 Å². The van der Waals surface area contributed by atoms with E-state index in [0.29, 0.717) is 5.56 Å². The van der Waals surface area contributed by atoms with Crippen LogP contribution in [-0.4, -0.2) is 41.6 Å². The molecule has 10 nitrogen and oxygen atoms in total. The number of aryl methyl sites for hydroxylation is 1. The van der Waals surface area contributed by atoms with Gasteiger partial charge in [-0.05, 0) is 30.2 Å². The molecule has 2 aromatic carbocycles. The van der Waals surface area contributed by atoms with Gasteiger partial charge in [-0.1, -0.05) is 18.2 Å². The number of imidazole rings is 1. The Morgan fingerprint density at radius 2 is 1.94 bits per heavy atom. The SMILES string of the molecule is Cc1ccc([N+](=O)[O-])cc1N(CC(=O)NCc1ccc(-n2ccnc2)cc1)S(C)(=O)=O. The number of nitro groups is 1. The summed E-state index contributed by atoms with van der Waals surface area (Å²) in [6.07, 6.45) is 6.11. The Kier molecular flexibility index (Phi) is 6.35. The number of benzene rings is 2. The van der Waals surface area contributed by atoms with Crippen molar-refractivity contribution in [2.45, 2.75) is 13.5 Å². The molecular weight excluding hydrogens is 422 g/mol. The van der Waals surface area contributed by atoms with E-state index in [1.807, 2.05) is 35.0 Å².